The summed E-state index contributed by atoms with van der Waals surface area (Å²) in [4.78, 5) is 20.8. The SMILES string of the molecule is O=C(c1ccc(-c2ccccn2)s1)N1CCOC(COc2ccc3c(c2)OCO3)C1. The van der Waals surface area contributed by atoms with Gasteiger partial charge < -0.3 is 23.8 Å². The Morgan fingerprint density at radius 2 is 2.10 bits per heavy atom. The van der Waals surface area contributed by atoms with Crippen LogP contribution in [-0.4, -0.2) is 55.0 Å². The highest BCUT2D eigenvalue weighted by Crippen LogP contribution is 2.35. The summed E-state index contributed by atoms with van der Waals surface area (Å²) >= 11 is 1.46. The van der Waals surface area contributed by atoms with E-state index in [1.165, 1.54) is 11.3 Å². The number of hydrogen-bond acceptors (Lipinski definition) is 7. The zero-order valence-electron chi connectivity index (χ0n) is 16.2. The fraction of sp³-hybridized carbons (Fsp3) is 0.273. The second-order valence-electron chi connectivity index (χ2n) is 6.95. The molecule has 8 heteroatoms. The lowest BCUT2D eigenvalue weighted by molar-refractivity contribution is -0.0400. The number of amides is 1. The molecule has 30 heavy (non-hydrogen) atoms. The van der Waals surface area contributed by atoms with E-state index in [1.54, 1.807) is 12.3 Å². The predicted molar refractivity (Wildman–Crippen MR) is 111 cm³/mol. The Bertz CT molecular complexity index is 1040. The third kappa shape index (κ3) is 3.96. The lowest BCUT2D eigenvalue weighted by Crippen LogP contribution is -2.47. The average molecular weight is 424 g/mol. The molecule has 0 aliphatic carbocycles. The van der Waals surface area contributed by atoms with Gasteiger partial charge in [-0.25, -0.2) is 0 Å². The highest BCUT2D eigenvalue weighted by Gasteiger charge is 2.27. The van der Waals surface area contributed by atoms with Crippen molar-refractivity contribution in [3.05, 3.63) is 59.6 Å². The summed E-state index contributed by atoms with van der Waals surface area (Å²) in [5, 5.41) is 0. The Labute approximate surface area is 177 Å². The number of pyridine rings is 1. The Morgan fingerprint density at radius 1 is 1.17 bits per heavy atom. The summed E-state index contributed by atoms with van der Waals surface area (Å²) in [6, 6.07) is 15.0. The monoisotopic (exact) mass is 424 g/mol. The number of morpholine rings is 1. The maximum Gasteiger partial charge on any atom is 0.264 e. The van der Waals surface area contributed by atoms with Gasteiger partial charge in [0, 0.05) is 18.8 Å². The van der Waals surface area contributed by atoms with Crippen molar-refractivity contribution in [2.24, 2.45) is 0 Å². The Kier molecular flexibility index (Phi) is 5.25. The smallest absolute Gasteiger partial charge is 0.264 e. The molecule has 1 aromatic carbocycles. The quantitative estimate of drug-likeness (QED) is 0.625. The van der Waals surface area contributed by atoms with Crippen LogP contribution in [0.25, 0.3) is 10.6 Å². The maximum atomic E-state index is 13.0. The largest absolute Gasteiger partial charge is 0.491 e. The van der Waals surface area contributed by atoms with Gasteiger partial charge in [0.05, 0.1) is 28.6 Å². The van der Waals surface area contributed by atoms with Crippen LogP contribution in [0.2, 0.25) is 0 Å². The van der Waals surface area contributed by atoms with Gasteiger partial charge in [0.1, 0.15) is 18.5 Å². The fourth-order valence-corrected chi connectivity index (χ4v) is 4.37. The van der Waals surface area contributed by atoms with Gasteiger partial charge in [-0.15, -0.1) is 11.3 Å². The molecule has 154 valence electrons. The van der Waals surface area contributed by atoms with Crippen molar-refractivity contribution in [3.63, 3.8) is 0 Å². The first-order valence-corrected chi connectivity index (χ1v) is 10.5. The van der Waals surface area contributed by atoms with E-state index in [4.69, 9.17) is 18.9 Å². The molecule has 0 spiro atoms. The molecule has 0 N–H and O–H groups in total. The van der Waals surface area contributed by atoms with Crippen LogP contribution in [0.15, 0.2) is 54.7 Å². The zero-order chi connectivity index (χ0) is 20.3. The van der Waals surface area contributed by atoms with Crippen molar-refractivity contribution in [1.29, 1.82) is 0 Å². The minimum atomic E-state index is -0.191. The summed E-state index contributed by atoms with van der Waals surface area (Å²) in [7, 11) is 0. The predicted octanol–water partition coefficient (Wildman–Crippen LogP) is 3.46. The first kappa shape index (κ1) is 18.9. The van der Waals surface area contributed by atoms with Gasteiger partial charge in [-0.05, 0) is 36.4 Å². The van der Waals surface area contributed by atoms with Gasteiger partial charge in [0.25, 0.3) is 5.91 Å². The van der Waals surface area contributed by atoms with Crippen LogP contribution in [0.3, 0.4) is 0 Å². The fourth-order valence-electron chi connectivity index (χ4n) is 3.42. The molecular formula is C22H20N2O5S. The van der Waals surface area contributed by atoms with Gasteiger partial charge >= 0.3 is 0 Å². The van der Waals surface area contributed by atoms with Crippen LogP contribution in [0.5, 0.6) is 17.2 Å². The van der Waals surface area contributed by atoms with Crippen molar-refractivity contribution in [2.75, 3.05) is 33.1 Å². The van der Waals surface area contributed by atoms with E-state index in [0.717, 1.165) is 10.6 Å². The number of thiophene rings is 1. The van der Waals surface area contributed by atoms with Crippen molar-refractivity contribution >= 4 is 17.2 Å². The van der Waals surface area contributed by atoms with Crippen LogP contribution in [-0.2, 0) is 4.74 Å². The molecule has 3 aromatic rings. The van der Waals surface area contributed by atoms with E-state index in [-0.39, 0.29) is 18.8 Å². The molecule has 2 aliphatic rings. The van der Waals surface area contributed by atoms with Crippen molar-refractivity contribution in [1.82, 2.24) is 9.88 Å². The molecule has 1 amide bonds. The third-order valence-electron chi connectivity index (χ3n) is 4.94. The van der Waals surface area contributed by atoms with Crippen LogP contribution < -0.4 is 14.2 Å². The maximum absolute atomic E-state index is 13.0. The first-order chi connectivity index (χ1) is 14.8. The van der Waals surface area contributed by atoms with Gasteiger partial charge in [0.15, 0.2) is 11.5 Å². The number of carbonyl (C=O) groups is 1. The van der Waals surface area contributed by atoms with Crippen LogP contribution in [0.1, 0.15) is 9.67 Å². The summed E-state index contributed by atoms with van der Waals surface area (Å²) in [6.07, 6.45) is 1.56. The van der Waals surface area contributed by atoms with E-state index in [2.05, 4.69) is 4.98 Å². The molecular weight excluding hydrogens is 404 g/mol. The van der Waals surface area contributed by atoms with Gasteiger partial charge in [-0.2, -0.15) is 0 Å². The molecule has 1 atom stereocenters. The first-order valence-electron chi connectivity index (χ1n) is 9.71. The molecule has 4 heterocycles. The highest BCUT2D eigenvalue weighted by atomic mass is 32.1. The Morgan fingerprint density at radius 3 is 3.00 bits per heavy atom. The number of fused-ring (bicyclic) bond motifs is 1. The standard InChI is InChI=1S/C22H20N2O5S/c25-22(21-7-6-20(30-21)17-3-1-2-8-23-17)24-9-10-26-16(12-24)13-27-15-4-5-18-19(11-15)29-14-28-18/h1-8,11,16H,9-10,12-14H2. The molecule has 5 rings (SSSR count). The molecule has 1 fully saturated rings. The zero-order valence-corrected chi connectivity index (χ0v) is 17.0. The van der Waals surface area contributed by atoms with Gasteiger partial charge in [-0.1, -0.05) is 6.07 Å². The molecule has 2 aliphatic heterocycles. The molecule has 1 unspecified atom stereocenters. The van der Waals surface area contributed by atoms with Crippen molar-refractivity contribution in [3.8, 4) is 27.8 Å². The Hall–Kier alpha value is -3.10. The number of hydrogen-bond donors (Lipinski definition) is 0. The topological polar surface area (TPSA) is 70.1 Å². The molecule has 0 saturated carbocycles. The van der Waals surface area contributed by atoms with E-state index >= 15 is 0 Å². The minimum absolute atomic E-state index is 0.0126. The van der Waals surface area contributed by atoms with Crippen LogP contribution in [0, 0.1) is 0 Å². The average Bonchev–Trinajstić information content (AvgIpc) is 3.47. The number of benzene rings is 1. The van der Waals surface area contributed by atoms with Crippen LogP contribution in [0.4, 0.5) is 0 Å². The number of nitrogens with zero attached hydrogens (tertiary/aromatic N) is 2. The second-order valence-corrected chi connectivity index (χ2v) is 8.03. The van der Waals surface area contributed by atoms with E-state index < -0.39 is 0 Å². The third-order valence-corrected chi connectivity index (χ3v) is 6.04. The second kappa shape index (κ2) is 8.33. The summed E-state index contributed by atoms with van der Waals surface area (Å²) in [5.41, 5.74) is 0.874. The summed E-state index contributed by atoms with van der Waals surface area (Å²) in [6.45, 7) is 2.12. The van der Waals surface area contributed by atoms with Crippen LogP contribution >= 0.6 is 11.3 Å². The van der Waals surface area contributed by atoms with E-state index in [9.17, 15) is 4.79 Å². The summed E-state index contributed by atoms with van der Waals surface area (Å²) in [5.74, 6) is 2.09. The molecule has 1 saturated heterocycles. The minimum Gasteiger partial charge on any atom is -0.491 e. The molecule has 7 nitrogen and oxygen atoms in total. The molecule has 0 radical (unpaired) electrons. The normalized spacial score (nSPS) is 17.7. The Balaban J connectivity index is 1.20. The highest BCUT2D eigenvalue weighted by molar-refractivity contribution is 7.17. The number of aromatic nitrogens is 1. The summed E-state index contributed by atoms with van der Waals surface area (Å²) < 4.78 is 22.3. The lowest BCUT2D eigenvalue weighted by Gasteiger charge is -2.32. The number of rotatable bonds is 5. The van der Waals surface area contributed by atoms with Gasteiger partial charge in [0.2, 0.25) is 6.79 Å². The van der Waals surface area contributed by atoms with Gasteiger partial charge in [-0.3, -0.25) is 9.78 Å². The van der Waals surface area contributed by atoms with Crippen molar-refractivity contribution in [2.45, 2.75) is 6.10 Å². The molecule has 2 aromatic heterocycles. The number of ether oxygens (including phenoxy) is 4. The molecule has 0 bridgehead atoms. The van der Waals surface area contributed by atoms with E-state index in [0.29, 0.717) is 48.4 Å². The van der Waals surface area contributed by atoms with Crippen molar-refractivity contribution < 1.29 is 23.7 Å². The number of carbonyl (C=O) groups excluding carboxylic acids is 1. The van der Waals surface area contributed by atoms with E-state index in [1.807, 2.05) is 47.4 Å². The lowest BCUT2D eigenvalue weighted by atomic mass is 10.2.